The van der Waals surface area contributed by atoms with Crippen molar-refractivity contribution in [1.29, 1.82) is 0 Å². The lowest BCUT2D eigenvalue weighted by Gasteiger charge is -2.07. The Morgan fingerprint density at radius 3 is 2.86 bits per heavy atom. The lowest BCUT2D eigenvalue weighted by atomic mass is 10.2. The van der Waals surface area contributed by atoms with Crippen LogP contribution in [0.5, 0.6) is 0 Å². The highest BCUT2D eigenvalue weighted by atomic mass is 32.1. The van der Waals surface area contributed by atoms with Crippen LogP contribution in [0.1, 0.15) is 33.7 Å². The summed E-state index contributed by atoms with van der Waals surface area (Å²) < 4.78 is 2.09. The summed E-state index contributed by atoms with van der Waals surface area (Å²) in [5.41, 5.74) is 4.52. The van der Waals surface area contributed by atoms with E-state index in [1.54, 1.807) is 23.5 Å². The van der Waals surface area contributed by atoms with Gasteiger partial charge in [0.1, 0.15) is 11.3 Å². The van der Waals surface area contributed by atoms with Crippen molar-refractivity contribution in [3.05, 3.63) is 45.7 Å². The van der Waals surface area contributed by atoms with Gasteiger partial charge < -0.3 is 9.67 Å². The molecule has 3 rings (SSSR count). The van der Waals surface area contributed by atoms with Gasteiger partial charge in [0.05, 0.1) is 28.8 Å². The summed E-state index contributed by atoms with van der Waals surface area (Å²) in [5.74, 6) is -0.0478. The zero-order chi connectivity index (χ0) is 15.0. The Bertz CT molecular complexity index is 820. The van der Waals surface area contributed by atoms with Crippen LogP contribution < -0.4 is 0 Å². The van der Waals surface area contributed by atoms with Crippen molar-refractivity contribution in [3.63, 3.8) is 0 Å². The van der Waals surface area contributed by atoms with Gasteiger partial charge in [0, 0.05) is 11.3 Å². The molecule has 0 aliphatic rings. The fourth-order valence-corrected chi connectivity index (χ4v) is 3.20. The number of fused-ring (bicyclic) bond motifs is 1. The van der Waals surface area contributed by atoms with Crippen molar-refractivity contribution in [1.82, 2.24) is 14.5 Å². The largest absolute Gasteiger partial charge is 0.478 e. The first-order valence-electron chi connectivity index (χ1n) is 6.72. The number of aromatic nitrogens is 3. The molecule has 0 atom stereocenters. The maximum absolute atomic E-state index is 11.3. The Morgan fingerprint density at radius 1 is 1.43 bits per heavy atom. The first kappa shape index (κ1) is 13.8. The van der Waals surface area contributed by atoms with Crippen LogP contribution in [0.3, 0.4) is 0 Å². The number of carbonyl (C=O) groups is 1. The number of thiazole rings is 1. The lowest BCUT2D eigenvalue weighted by Crippen LogP contribution is -2.04. The number of aryl methyl sites for hydroxylation is 2. The molecule has 2 aromatic heterocycles. The molecular weight excluding hydrogens is 286 g/mol. The molecule has 0 saturated carbocycles. The minimum atomic E-state index is -0.943. The van der Waals surface area contributed by atoms with E-state index in [1.165, 1.54) is 4.88 Å². The SMILES string of the molecule is CCc1nc2c(C(=O)O)cccc2n1Cc1scnc1C. The number of aromatic carboxylic acids is 1. The van der Waals surface area contributed by atoms with Crippen LogP contribution in [0.25, 0.3) is 11.0 Å². The molecule has 0 bridgehead atoms. The van der Waals surface area contributed by atoms with Gasteiger partial charge in [-0.15, -0.1) is 11.3 Å². The molecule has 5 nitrogen and oxygen atoms in total. The molecular formula is C15H15N3O2S. The molecule has 1 aromatic carbocycles. The number of imidazole rings is 1. The average Bonchev–Trinajstić information content (AvgIpc) is 3.03. The van der Waals surface area contributed by atoms with Gasteiger partial charge in [-0.3, -0.25) is 0 Å². The van der Waals surface area contributed by atoms with Gasteiger partial charge in [0.2, 0.25) is 0 Å². The topological polar surface area (TPSA) is 68.0 Å². The summed E-state index contributed by atoms with van der Waals surface area (Å²) in [4.78, 5) is 21.3. The Kier molecular flexibility index (Phi) is 3.47. The summed E-state index contributed by atoms with van der Waals surface area (Å²) in [7, 11) is 0. The smallest absolute Gasteiger partial charge is 0.337 e. The van der Waals surface area contributed by atoms with Crippen molar-refractivity contribution >= 4 is 28.3 Å². The van der Waals surface area contributed by atoms with Crippen molar-refractivity contribution < 1.29 is 9.90 Å². The number of para-hydroxylation sites is 1. The molecule has 108 valence electrons. The maximum atomic E-state index is 11.3. The van der Waals surface area contributed by atoms with E-state index in [9.17, 15) is 9.90 Å². The predicted octanol–water partition coefficient (Wildman–Crippen LogP) is 3.11. The van der Waals surface area contributed by atoms with Gasteiger partial charge in [0.15, 0.2) is 0 Å². The van der Waals surface area contributed by atoms with Crippen molar-refractivity contribution in [2.24, 2.45) is 0 Å². The van der Waals surface area contributed by atoms with E-state index in [-0.39, 0.29) is 5.56 Å². The van der Waals surface area contributed by atoms with E-state index in [0.29, 0.717) is 12.1 Å². The van der Waals surface area contributed by atoms with Gasteiger partial charge in [-0.25, -0.2) is 14.8 Å². The molecule has 0 aliphatic carbocycles. The summed E-state index contributed by atoms with van der Waals surface area (Å²) >= 11 is 1.61. The molecule has 0 aliphatic heterocycles. The summed E-state index contributed by atoms with van der Waals surface area (Å²) in [5, 5.41) is 9.30. The number of carboxylic acid groups (broad SMARTS) is 1. The first-order valence-corrected chi connectivity index (χ1v) is 7.60. The van der Waals surface area contributed by atoms with Gasteiger partial charge in [0.25, 0.3) is 0 Å². The Balaban J connectivity index is 2.19. The highest BCUT2D eigenvalue weighted by Gasteiger charge is 2.17. The molecule has 0 unspecified atom stereocenters. The summed E-state index contributed by atoms with van der Waals surface area (Å²) in [6, 6.07) is 5.28. The number of carboxylic acids is 1. The second kappa shape index (κ2) is 5.29. The Morgan fingerprint density at radius 2 is 2.24 bits per heavy atom. The number of rotatable bonds is 4. The number of hydrogen-bond donors (Lipinski definition) is 1. The minimum absolute atomic E-state index is 0.252. The average molecular weight is 301 g/mol. The third-order valence-corrected chi connectivity index (χ3v) is 4.47. The number of benzene rings is 1. The quantitative estimate of drug-likeness (QED) is 0.804. The first-order chi connectivity index (χ1) is 10.1. The van der Waals surface area contributed by atoms with Crippen LogP contribution in [0.4, 0.5) is 0 Å². The second-order valence-corrected chi connectivity index (χ2v) is 5.75. The lowest BCUT2D eigenvalue weighted by molar-refractivity contribution is 0.0699. The molecule has 0 spiro atoms. The molecule has 0 saturated heterocycles. The van der Waals surface area contributed by atoms with Crippen LogP contribution in [0, 0.1) is 6.92 Å². The van der Waals surface area contributed by atoms with E-state index in [0.717, 1.165) is 23.5 Å². The third kappa shape index (κ3) is 2.31. The highest BCUT2D eigenvalue weighted by molar-refractivity contribution is 7.09. The molecule has 21 heavy (non-hydrogen) atoms. The molecule has 1 N–H and O–H groups in total. The minimum Gasteiger partial charge on any atom is -0.478 e. The van der Waals surface area contributed by atoms with Gasteiger partial charge in [-0.1, -0.05) is 13.0 Å². The van der Waals surface area contributed by atoms with Crippen molar-refractivity contribution in [3.8, 4) is 0 Å². The molecule has 0 amide bonds. The van der Waals surface area contributed by atoms with E-state index in [2.05, 4.69) is 14.5 Å². The third-order valence-electron chi connectivity index (χ3n) is 3.55. The fraction of sp³-hybridized carbons (Fsp3) is 0.267. The normalized spacial score (nSPS) is 11.1. The van der Waals surface area contributed by atoms with Crippen molar-refractivity contribution in [2.75, 3.05) is 0 Å². The number of hydrogen-bond acceptors (Lipinski definition) is 4. The van der Waals surface area contributed by atoms with Gasteiger partial charge in [-0.2, -0.15) is 0 Å². The molecule has 0 radical (unpaired) electrons. The maximum Gasteiger partial charge on any atom is 0.337 e. The molecule has 2 heterocycles. The Hall–Kier alpha value is -2.21. The van der Waals surface area contributed by atoms with E-state index in [1.807, 2.05) is 25.4 Å². The second-order valence-electron chi connectivity index (χ2n) is 4.81. The van der Waals surface area contributed by atoms with Gasteiger partial charge in [-0.05, 0) is 19.1 Å². The fourth-order valence-electron chi connectivity index (χ4n) is 2.44. The zero-order valence-electron chi connectivity index (χ0n) is 11.8. The van der Waals surface area contributed by atoms with Crippen LogP contribution in [0.2, 0.25) is 0 Å². The van der Waals surface area contributed by atoms with Crippen LogP contribution in [-0.2, 0) is 13.0 Å². The van der Waals surface area contributed by atoms with Crippen molar-refractivity contribution in [2.45, 2.75) is 26.8 Å². The van der Waals surface area contributed by atoms with Crippen LogP contribution >= 0.6 is 11.3 Å². The molecule has 0 fully saturated rings. The van der Waals surface area contributed by atoms with E-state index in [4.69, 9.17) is 0 Å². The zero-order valence-corrected chi connectivity index (χ0v) is 12.6. The van der Waals surface area contributed by atoms with Gasteiger partial charge >= 0.3 is 5.97 Å². The van der Waals surface area contributed by atoms with E-state index < -0.39 is 5.97 Å². The van der Waals surface area contributed by atoms with E-state index >= 15 is 0 Å². The molecule has 6 heteroatoms. The summed E-state index contributed by atoms with van der Waals surface area (Å²) in [6.07, 6.45) is 0.756. The number of nitrogens with zero attached hydrogens (tertiary/aromatic N) is 3. The van der Waals surface area contributed by atoms with Crippen LogP contribution in [-0.4, -0.2) is 25.6 Å². The highest BCUT2D eigenvalue weighted by Crippen LogP contribution is 2.24. The molecule has 3 aromatic rings. The monoisotopic (exact) mass is 301 g/mol. The predicted molar refractivity (Wildman–Crippen MR) is 82.0 cm³/mol. The van der Waals surface area contributed by atoms with Crippen LogP contribution in [0.15, 0.2) is 23.7 Å². The Labute approximate surface area is 125 Å². The summed E-state index contributed by atoms with van der Waals surface area (Å²) in [6.45, 7) is 4.69. The standard InChI is InChI=1S/C15H15N3O2S/c1-3-13-17-14-10(15(19)20)5-4-6-11(14)18(13)7-12-9(2)16-8-21-12/h4-6,8H,3,7H2,1-2H3,(H,19,20).